The molecule has 1 rings (SSSR count). The van der Waals surface area contributed by atoms with Crippen molar-refractivity contribution in [3.05, 3.63) is 18.0 Å². The molecule has 1 unspecified atom stereocenters. The third kappa shape index (κ3) is 3.85. The second kappa shape index (κ2) is 5.82. The zero-order valence-electron chi connectivity index (χ0n) is 10.9. The van der Waals surface area contributed by atoms with E-state index in [1.807, 2.05) is 19.4 Å². The molecule has 0 radical (unpaired) electrons. The van der Waals surface area contributed by atoms with Gasteiger partial charge in [0, 0.05) is 37.4 Å². The molecule has 1 aromatic heterocycles. The fourth-order valence-electron chi connectivity index (χ4n) is 1.97. The van der Waals surface area contributed by atoms with E-state index in [9.17, 15) is 4.79 Å². The number of hydrogen-bond acceptors (Lipinski definition) is 3. The van der Waals surface area contributed by atoms with Gasteiger partial charge in [-0.1, -0.05) is 0 Å². The predicted octanol–water partition coefficient (Wildman–Crippen LogP) is 1.67. The first-order chi connectivity index (χ1) is 7.91. The lowest BCUT2D eigenvalue weighted by molar-refractivity contribution is -0.137. The fraction of sp³-hybridized carbons (Fsp3) is 0.667. The molecule has 1 heterocycles. The van der Waals surface area contributed by atoms with Crippen LogP contribution in [0.4, 0.5) is 0 Å². The summed E-state index contributed by atoms with van der Waals surface area (Å²) >= 11 is 0. The van der Waals surface area contributed by atoms with Crippen LogP contribution in [-0.2, 0) is 11.8 Å². The molecule has 1 N–H and O–H groups in total. The molecule has 5 heteroatoms. The Morgan fingerprint density at radius 3 is 2.59 bits per heavy atom. The Kier molecular flexibility index (Phi) is 4.69. The summed E-state index contributed by atoms with van der Waals surface area (Å²) in [6.45, 7) is 6.80. The van der Waals surface area contributed by atoms with Crippen molar-refractivity contribution in [2.24, 2.45) is 7.05 Å². The van der Waals surface area contributed by atoms with E-state index >= 15 is 0 Å². The van der Waals surface area contributed by atoms with Crippen LogP contribution in [0.3, 0.4) is 0 Å². The predicted molar refractivity (Wildman–Crippen MR) is 65.7 cm³/mol. The van der Waals surface area contributed by atoms with Gasteiger partial charge in [-0.25, -0.2) is 0 Å². The van der Waals surface area contributed by atoms with Gasteiger partial charge in [0.2, 0.25) is 0 Å². The Balaban J connectivity index is 2.73. The van der Waals surface area contributed by atoms with Crippen molar-refractivity contribution < 1.29 is 9.90 Å². The van der Waals surface area contributed by atoms with Gasteiger partial charge in [0.1, 0.15) is 0 Å². The first kappa shape index (κ1) is 13.7. The highest BCUT2D eigenvalue weighted by atomic mass is 16.4. The summed E-state index contributed by atoms with van der Waals surface area (Å²) in [5.41, 5.74) is 1.12. The third-order valence-corrected chi connectivity index (χ3v) is 2.95. The minimum atomic E-state index is -0.756. The summed E-state index contributed by atoms with van der Waals surface area (Å²) in [6, 6.07) is 0.493. The molecule has 96 valence electrons. The second-order valence-corrected chi connectivity index (χ2v) is 4.60. The Labute approximate surface area is 102 Å². The van der Waals surface area contributed by atoms with E-state index in [4.69, 9.17) is 5.11 Å². The second-order valence-electron chi connectivity index (χ2n) is 4.60. The van der Waals surface area contributed by atoms with E-state index in [0.717, 1.165) is 5.56 Å². The maximum Gasteiger partial charge on any atom is 0.304 e. The smallest absolute Gasteiger partial charge is 0.304 e. The zero-order valence-corrected chi connectivity index (χ0v) is 10.9. The lowest BCUT2D eigenvalue weighted by atomic mass is 10.1. The topological polar surface area (TPSA) is 58.4 Å². The number of carboxylic acids is 1. The van der Waals surface area contributed by atoms with Gasteiger partial charge < -0.3 is 5.11 Å². The number of rotatable bonds is 6. The van der Waals surface area contributed by atoms with Crippen LogP contribution in [0, 0.1) is 0 Å². The van der Waals surface area contributed by atoms with E-state index in [0.29, 0.717) is 12.6 Å². The highest BCUT2D eigenvalue weighted by Gasteiger charge is 2.20. The Bertz CT molecular complexity index is 374. The lowest BCUT2D eigenvalue weighted by Gasteiger charge is -2.31. The van der Waals surface area contributed by atoms with E-state index in [2.05, 4.69) is 30.8 Å². The first-order valence-electron chi connectivity index (χ1n) is 5.88. The maximum absolute atomic E-state index is 10.6. The zero-order chi connectivity index (χ0) is 13.0. The van der Waals surface area contributed by atoms with Crippen LogP contribution < -0.4 is 0 Å². The van der Waals surface area contributed by atoms with Gasteiger partial charge in [0.05, 0.1) is 12.6 Å². The molecule has 0 bridgehead atoms. The van der Waals surface area contributed by atoms with Crippen molar-refractivity contribution >= 4 is 5.97 Å². The normalized spacial score (nSPS) is 13.3. The molecule has 0 saturated heterocycles. The molecule has 5 nitrogen and oxygen atoms in total. The van der Waals surface area contributed by atoms with Gasteiger partial charge in [-0.3, -0.25) is 14.4 Å². The van der Waals surface area contributed by atoms with Crippen molar-refractivity contribution in [3.63, 3.8) is 0 Å². The molecule has 0 aromatic carbocycles. The van der Waals surface area contributed by atoms with Crippen LogP contribution in [0.2, 0.25) is 0 Å². The number of aromatic nitrogens is 2. The summed E-state index contributed by atoms with van der Waals surface area (Å²) in [5, 5.41) is 12.9. The highest BCUT2D eigenvalue weighted by Crippen LogP contribution is 2.21. The van der Waals surface area contributed by atoms with Crippen molar-refractivity contribution in [3.8, 4) is 0 Å². The molecule has 0 aliphatic heterocycles. The summed E-state index contributed by atoms with van der Waals surface area (Å²) in [6.07, 6.45) is 3.98. The molecule has 17 heavy (non-hydrogen) atoms. The summed E-state index contributed by atoms with van der Waals surface area (Å²) < 4.78 is 1.77. The van der Waals surface area contributed by atoms with Crippen molar-refractivity contribution in [1.29, 1.82) is 0 Å². The van der Waals surface area contributed by atoms with Crippen LogP contribution in [0.1, 0.15) is 38.8 Å². The number of aryl methyl sites for hydroxylation is 1. The fourth-order valence-corrected chi connectivity index (χ4v) is 1.97. The van der Waals surface area contributed by atoms with E-state index in [1.54, 1.807) is 4.68 Å². The summed E-state index contributed by atoms with van der Waals surface area (Å²) in [7, 11) is 1.88. The molecule has 0 saturated carbocycles. The molecule has 0 aliphatic carbocycles. The molecular weight excluding hydrogens is 218 g/mol. The molecule has 0 amide bonds. The molecule has 0 spiro atoms. The number of carboxylic acid groups (broad SMARTS) is 1. The minimum Gasteiger partial charge on any atom is -0.481 e. The van der Waals surface area contributed by atoms with Crippen LogP contribution in [-0.4, -0.2) is 38.3 Å². The molecule has 1 atom stereocenters. The van der Waals surface area contributed by atoms with Gasteiger partial charge in [0.15, 0.2) is 0 Å². The van der Waals surface area contributed by atoms with Crippen LogP contribution in [0.15, 0.2) is 12.4 Å². The van der Waals surface area contributed by atoms with E-state index < -0.39 is 5.97 Å². The van der Waals surface area contributed by atoms with E-state index in [1.165, 1.54) is 0 Å². The van der Waals surface area contributed by atoms with Crippen LogP contribution >= 0.6 is 0 Å². The van der Waals surface area contributed by atoms with E-state index in [-0.39, 0.29) is 12.5 Å². The average molecular weight is 239 g/mol. The van der Waals surface area contributed by atoms with Crippen molar-refractivity contribution in [1.82, 2.24) is 14.7 Å². The number of carbonyl (C=O) groups is 1. The largest absolute Gasteiger partial charge is 0.481 e. The number of nitrogens with zero attached hydrogens (tertiary/aromatic N) is 3. The maximum atomic E-state index is 10.6. The van der Waals surface area contributed by atoms with Crippen LogP contribution in [0.25, 0.3) is 0 Å². The van der Waals surface area contributed by atoms with Gasteiger partial charge >= 0.3 is 5.97 Å². The SMILES string of the molecule is CC(C)N(CCC(=O)O)C(C)c1cnn(C)c1. The van der Waals surface area contributed by atoms with Crippen molar-refractivity contribution in [2.75, 3.05) is 6.54 Å². The summed E-state index contributed by atoms with van der Waals surface area (Å²) in [4.78, 5) is 12.8. The first-order valence-corrected chi connectivity index (χ1v) is 5.88. The molecule has 1 aromatic rings. The molecule has 0 aliphatic rings. The minimum absolute atomic E-state index is 0.169. The highest BCUT2D eigenvalue weighted by molar-refractivity contribution is 5.66. The van der Waals surface area contributed by atoms with Gasteiger partial charge in [-0.2, -0.15) is 5.10 Å². The Hall–Kier alpha value is -1.36. The standard InChI is InChI=1S/C12H21N3O2/c1-9(2)15(6-5-12(16)17)10(3)11-7-13-14(4)8-11/h7-10H,5-6H2,1-4H3,(H,16,17). The lowest BCUT2D eigenvalue weighted by Crippen LogP contribution is -2.35. The van der Waals surface area contributed by atoms with Crippen molar-refractivity contribution in [2.45, 2.75) is 39.3 Å². The van der Waals surface area contributed by atoms with Crippen LogP contribution in [0.5, 0.6) is 0 Å². The average Bonchev–Trinajstić information content (AvgIpc) is 2.63. The third-order valence-electron chi connectivity index (χ3n) is 2.95. The van der Waals surface area contributed by atoms with Gasteiger partial charge in [0.25, 0.3) is 0 Å². The monoisotopic (exact) mass is 239 g/mol. The Morgan fingerprint density at radius 1 is 1.53 bits per heavy atom. The number of hydrogen-bond donors (Lipinski definition) is 1. The molecule has 0 fully saturated rings. The quantitative estimate of drug-likeness (QED) is 0.820. The van der Waals surface area contributed by atoms with Gasteiger partial charge in [-0.05, 0) is 20.8 Å². The van der Waals surface area contributed by atoms with Gasteiger partial charge in [-0.15, -0.1) is 0 Å². The summed E-state index contributed by atoms with van der Waals surface area (Å²) in [5.74, 6) is -0.756. The number of aliphatic carboxylic acids is 1. The Morgan fingerprint density at radius 2 is 2.18 bits per heavy atom. The molecular formula is C12H21N3O2.